The summed E-state index contributed by atoms with van der Waals surface area (Å²) in [6.45, 7) is 5.77. The first-order valence-corrected chi connectivity index (χ1v) is 9.37. The molecule has 0 aromatic heterocycles. The summed E-state index contributed by atoms with van der Waals surface area (Å²) < 4.78 is 28.7. The molecule has 1 fully saturated rings. The fourth-order valence-corrected chi connectivity index (χ4v) is 4.35. The SMILES string of the molecule is CC(C)Oc1ccccc1[C@@H](C)NC(=O)[C@@H]1CCS(=O)(=O)C1. The minimum Gasteiger partial charge on any atom is -0.491 e. The molecule has 0 unspecified atom stereocenters. The number of hydrogen-bond acceptors (Lipinski definition) is 4. The molecule has 1 N–H and O–H groups in total. The molecule has 1 aliphatic heterocycles. The lowest BCUT2D eigenvalue weighted by Gasteiger charge is -2.21. The first kappa shape index (κ1) is 16.8. The maximum absolute atomic E-state index is 12.2. The molecule has 22 heavy (non-hydrogen) atoms. The van der Waals surface area contributed by atoms with Crippen LogP contribution in [0, 0.1) is 5.92 Å². The van der Waals surface area contributed by atoms with E-state index in [2.05, 4.69) is 5.32 Å². The van der Waals surface area contributed by atoms with E-state index in [9.17, 15) is 13.2 Å². The zero-order chi connectivity index (χ0) is 16.3. The number of amides is 1. The third-order valence-corrected chi connectivity index (χ3v) is 5.48. The third kappa shape index (κ3) is 4.22. The van der Waals surface area contributed by atoms with Crippen LogP contribution in [0.15, 0.2) is 24.3 Å². The van der Waals surface area contributed by atoms with E-state index < -0.39 is 15.8 Å². The van der Waals surface area contributed by atoms with Crippen LogP contribution in [0.4, 0.5) is 0 Å². The van der Waals surface area contributed by atoms with E-state index in [0.717, 1.165) is 11.3 Å². The summed E-state index contributed by atoms with van der Waals surface area (Å²) in [6, 6.07) is 7.34. The van der Waals surface area contributed by atoms with Crippen molar-refractivity contribution in [3.63, 3.8) is 0 Å². The number of benzene rings is 1. The standard InChI is InChI=1S/C16H23NO4S/c1-11(2)21-15-7-5-4-6-14(15)12(3)17-16(18)13-8-9-22(19,20)10-13/h4-7,11-13H,8-10H2,1-3H3,(H,17,18)/t12-,13-/m1/s1. The number of para-hydroxylation sites is 1. The van der Waals surface area contributed by atoms with Crippen molar-refractivity contribution in [1.29, 1.82) is 0 Å². The maximum atomic E-state index is 12.2. The Labute approximate surface area is 132 Å². The molecule has 1 aliphatic rings. The molecule has 6 heteroatoms. The second-order valence-electron chi connectivity index (χ2n) is 6.03. The minimum absolute atomic E-state index is 0.0454. The summed E-state index contributed by atoms with van der Waals surface area (Å²) in [5, 5.41) is 2.91. The molecule has 1 aromatic carbocycles. The van der Waals surface area contributed by atoms with Gasteiger partial charge >= 0.3 is 0 Å². The molecular formula is C16H23NO4S. The minimum atomic E-state index is -3.05. The molecule has 2 rings (SSSR count). The van der Waals surface area contributed by atoms with Gasteiger partial charge in [0.25, 0.3) is 0 Å². The van der Waals surface area contributed by atoms with E-state index in [1.807, 2.05) is 45.0 Å². The van der Waals surface area contributed by atoms with Crippen molar-refractivity contribution in [3.8, 4) is 5.75 Å². The smallest absolute Gasteiger partial charge is 0.224 e. The van der Waals surface area contributed by atoms with Gasteiger partial charge in [-0.3, -0.25) is 4.79 Å². The molecule has 0 bridgehead atoms. The number of ether oxygens (including phenoxy) is 1. The average molecular weight is 325 g/mol. The van der Waals surface area contributed by atoms with Gasteiger partial charge in [-0.15, -0.1) is 0 Å². The van der Waals surface area contributed by atoms with Crippen molar-refractivity contribution >= 4 is 15.7 Å². The normalized spacial score (nSPS) is 21.5. The van der Waals surface area contributed by atoms with E-state index in [0.29, 0.717) is 6.42 Å². The average Bonchev–Trinajstić information content (AvgIpc) is 2.79. The highest BCUT2D eigenvalue weighted by Gasteiger charge is 2.33. The highest BCUT2D eigenvalue weighted by atomic mass is 32.2. The first-order valence-electron chi connectivity index (χ1n) is 7.55. The van der Waals surface area contributed by atoms with E-state index in [-0.39, 0.29) is 29.6 Å². The number of sulfone groups is 1. The number of rotatable bonds is 5. The number of nitrogens with one attached hydrogen (secondary N) is 1. The van der Waals surface area contributed by atoms with Gasteiger partial charge in [-0.2, -0.15) is 0 Å². The number of carbonyl (C=O) groups excluding carboxylic acids is 1. The van der Waals surface area contributed by atoms with Crippen molar-refractivity contribution < 1.29 is 17.9 Å². The van der Waals surface area contributed by atoms with E-state index in [1.165, 1.54) is 0 Å². The quantitative estimate of drug-likeness (QED) is 0.900. The summed E-state index contributed by atoms with van der Waals surface area (Å²) in [5.41, 5.74) is 0.894. The van der Waals surface area contributed by atoms with Crippen LogP contribution >= 0.6 is 0 Å². The Morgan fingerprint density at radius 2 is 1.95 bits per heavy atom. The number of carbonyl (C=O) groups is 1. The Balaban J connectivity index is 2.06. The van der Waals surface area contributed by atoms with Gasteiger partial charge < -0.3 is 10.1 Å². The lowest BCUT2D eigenvalue weighted by atomic mass is 10.0. The van der Waals surface area contributed by atoms with Gasteiger partial charge in [0.1, 0.15) is 5.75 Å². The van der Waals surface area contributed by atoms with Crippen LogP contribution in [-0.2, 0) is 14.6 Å². The Morgan fingerprint density at radius 1 is 1.27 bits per heavy atom. The van der Waals surface area contributed by atoms with E-state index >= 15 is 0 Å². The molecule has 1 aromatic rings. The molecule has 1 saturated heterocycles. The second kappa shape index (κ2) is 6.69. The van der Waals surface area contributed by atoms with Crippen molar-refractivity contribution in [2.24, 2.45) is 5.92 Å². The molecular weight excluding hydrogens is 302 g/mol. The van der Waals surface area contributed by atoms with Gasteiger partial charge in [0.15, 0.2) is 9.84 Å². The van der Waals surface area contributed by atoms with E-state index in [1.54, 1.807) is 0 Å². The van der Waals surface area contributed by atoms with Crippen molar-refractivity contribution in [3.05, 3.63) is 29.8 Å². The van der Waals surface area contributed by atoms with Gasteiger partial charge in [-0.25, -0.2) is 8.42 Å². The highest BCUT2D eigenvalue weighted by molar-refractivity contribution is 7.91. The van der Waals surface area contributed by atoms with Crippen LogP contribution in [0.2, 0.25) is 0 Å². The summed E-state index contributed by atoms with van der Waals surface area (Å²) in [5.74, 6) is 0.158. The zero-order valence-corrected chi connectivity index (χ0v) is 14.0. The predicted molar refractivity (Wildman–Crippen MR) is 85.5 cm³/mol. The fraction of sp³-hybridized carbons (Fsp3) is 0.562. The summed E-state index contributed by atoms with van der Waals surface area (Å²) in [6.07, 6.45) is 0.453. The lowest BCUT2D eigenvalue weighted by molar-refractivity contribution is -0.124. The zero-order valence-electron chi connectivity index (χ0n) is 13.2. The summed E-state index contributed by atoms with van der Waals surface area (Å²) in [7, 11) is -3.05. The molecule has 0 radical (unpaired) electrons. The lowest BCUT2D eigenvalue weighted by Crippen LogP contribution is -2.33. The third-order valence-electron chi connectivity index (χ3n) is 3.71. The van der Waals surface area contributed by atoms with Gasteiger partial charge in [0, 0.05) is 5.56 Å². The molecule has 0 spiro atoms. The van der Waals surface area contributed by atoms with Crippen molar-refractivity contribution in [1.82, 2.24) is 5.32 Å². The Morgan fingerprint density at radius 3 is 2.55 bits per heavy atom. The summed E-state index contributed by atoms with van der Waals surface area (Å²) in [4.78, 5) is 12.2. The van der Waals surface area contributed by atoms with Crippen molar-refractivity contribution in [2.75, 3.05) is 11.5 Å². The van der Waals surface area contributed by atoms with Crippen LogP contribution in [0.25, 0.3) is 0 Å². The number of hydrogen-bond donors (Lipinski definition) is 1. The Kier molecular flexibility index (Phi) is 5.11. The van der Waals surface area contributed by atoms with E-state index in [4.69, 9.17) is 4.74 Å². The van der Waals surface area contributed by atoms with Gasteiger partial charge in [-0.1, -0.05) is 18.2 Å². The van der Waals surface area contributed by atoms with Crippen LogP contribution in [0.1, 0.15) is 38.8 Å². The Hall–Kier alpha value is -1.56. The molecule has 0 aliphatic carbocycles. The topological polar surface area (TPSA) is 72.5 Å². The largest absolute Gasteiger partial charge is 0.491 e. The summed E-state index contributed by atoms with van der Waals surface area (Å²) >= 11 is 0. The first-order chi connectivity index (χ1) is 10.3. The molecule has 1 heterocycles. The van der Waals surface area contributed by atoms with Crippen LogP contribution in [0.3, 0.4) is 0 Å². The molecule has 122 valence electrons. The fourth-order valence-electron chi connectivity index (χ4n) is 2.61. The van der Waals surface area contributed by atoms with Gasteiger partial charge in [-0.05, 0) is 33.3 Å². The van der Waals surface area contributed by atoms with Crippen molar-refractivity contribution in [2.45, 2.75) is 39.3 Å². The van der Waals surface area contributed by atoms with Crippen LogP contribution < -0.4 is 10.1 Å². The highest BCUT2D eigenvalue weighted by Crippen LogP contribution is 2.27. The predicted octanol–water partition coefficient (Wildman–Crippen LogP) is 2.09. The van der Waals surface area contributed by atoms with Crippen LogP contribution in [0.5, 0.6) is 5.75 Å². The molecule has 5 nitrogen and oxygen atoms in total. The van der Waals surface area contributed by atoms with Crippen LogP contribution in [-0.4, -0.2) is 31.9 Å². The second-order valence-corrected chi connectivity index (χ2v) is 8.26. The molecule has 1 amide bonds. The molecule has 0 saturated carbocycles. The molecule has 2 atom stereocenters. The van der Waals surface area contributed by atoms with Gasteiger partial charge in [0.2, 0.25) is 5.91 Å². The monoisotopic (exact) mass is 325 g/mol. The van der Waals surface area contributed by atoms with Gasteiger partial charge in [0.05, 0.1) is 29.6 Å². The Bertz CT molecular complexity index is 639. The maximum Gasteiger partial charge on any atom is 0.224 e.